The fourth-order valence-corrected chi connectivity index (χ4v) is 7.70. The molecule has 1 fully saturated rings. The zero-order chi connectivity index (χ0) is 29.6. The van der Waals surface area contributed by atoms with Gasteiger partial charge in [-0.15, -0.1) is 0 Å². The van der Waals surface area contributed by atoms with Gasteiger partial charge < -0.3 is 20.5 Å². The van der Waals surface area contributed by atoms with Crippen molar-refractivity contribution in [2.24, 2.45) is 0 Å². The van der Waals surface area contributed by atoms with Crippen LogP contribution in [0.4, 0.5) is 0 Å². The van der Waals surface area contributed by atoms with E-state index in [1.54, 1.807) is 42.5 Å². The topological polar surface area (TPSA) is 94.3 Å². The van der Waals surface area contributed by atoms with Gasteiger partial charge in [-0.2, -0.15) is 0 Å². The third-order valence-electron chi connectivity index (χ3n) is 8.96. The van der Waals surface area contributed by atoms with Crippen LogP contribution in [-0.4, -0.2) is 50.4 Å². The van der Waals surface area contributed by atoms with Crippen LogP contribution in [0, 0.1) is 0 Å². The van der Waals surface area contributed by atoms with Crippen molar-refractivity contribution < 1.29 is 13.2 Å². The lowest BCUT2D eigenvalue weighted by molar-refractivity contribution is 0.0946. The highest BCUT2D eigenvalue weighted by Crippen LogP contribution is 2.33. The van der Waals surface area contributed by atoms with Crippen molar-refractivity contribution in [3.63, 3.8) is 0 Å². The molecule has 7 nitrogen and oxygen atoms in total. The van der Waals surface area contributed by atoms with E-state index < -0.39 is 9.84 Å². The van der Waals surface area contributed by atoms with Gasteiger partial charge in [0.05, 0.1) is 9.79 Å². The number of amides is 1. The van der Waals surface area contributed by atoms with Gasteiger partial charge in [0.1, 0.15) is 5.69 Å². The molecule has 0 atom stereocenters. The summed E-state index contributed by atoms with van der Waals surface area (Å²) in [5, 5.41) is 6.86. The van der Waals surface area contributed by atoms with Crippen LogP contribution in [0.2, 0.25) is 0 Å². The predicted molar refractivity (Wildman–Crippen MR) is 167 cm³/mol. The van der Waals surface area contributed by atoms with Gasteiger partial charge in [0.25, 0.3) is 5.91 Å². The van der Waals surface area contributed by atoms with Crippen molar-refractivity contribution in [3.8, 4) is 0 Å². The Morgan fingerprint density at radius 3 is 2.26 bits per heavy atom. The molecule has 8 heteroatoms. The van der Waals surface area contributed by atoms with E-state index in [0.717, 1.165) is 37.1 Å². The Kier molecular flexibility index (Phi) is 9.86. The molecule has 0 unspecified atom stereocenters. The Balaban J connectivity index is 1.19. The molecule has 1 aromatic heterocycles. The summed E-state index contributed by atoms with van der Waals surface area (Å²) in [5.41, 5.74) is 4.95. The van der Waals surface area contributed by atoms with Crippen LogP contribution >= 0.6 is 0 Å². The number of hydrogen-bond donors (Lipinski definition) is 3. The van der Waals surface area contributed by atoms with E-state index in [2.05, 4.69) is 20.5 Å². The van der Waals surface area contributed by atoms with Gasteiger partial charge in [0.15, 0.2) is 0 Å². The molecule has 3 N–H and O–H groups in total. The molecule has 0 bridgehead atoms. The van der Waals surface area contributed by atoms with Crippen molar-refractivity contribution in [2.45, 2.75) is 99.0 Å². The van der Waals surface area contributed by atoms with Crippen LogP contribution in [0.25, 0.3) is 0 Å². The zero-order valence-corrected chi connectivity index (χ0v) is 26.0. The molecule has 1 amide bonds. The normalized spacial score (nSPS) is 17.6. The summed E-state index contributed by atoms with van der Waals surface area (Å²) in [4.78, 5) is 19.1. The average molecular weight is 591 g/mol. The molecular weight excluding hydrogens is 544 g/mol. The number of fused-ring (bicyclic) bond motifs is 1. The van der Waals surface area contributed by atoms with Crippen LogP contribution in [0.5, 0.6) is 0 Å². The average Bonchev–Trinajstić information content (AvgIpc) is 3.42. The molecule has 42 heavy (non-hydrogen) atoms. The number of aromatic nitrogens is 1. The first-order chi connectivity index (χ1) is 20.2. The molecule has 1 saturated carbocycles. The number of benzene rings is 2. The van der Waals surface area contributed by atoms with Crippen molar-refractivity contribution >= 4 is 15.7 Å². The van der Waals surface area contributed by atoms with Crippen molar-refractivity contribution in [2.75, 3.05) is 20.6 Å². The highest BCUT2D eigenvalue weighted by atomic mass is 32.2. The first-order valence-electron chi connectivity index (χ1n) is 15.6. The van der Waals surface area contributed by atoms with E-state index in [-0.39, 0.29) is 16.3 Å². The molecule has 5 rings (SSSR count). The summed E-state index contributed by atoms with van der Waals surface area (Å²) in [7, 11) is 0.381. The smallest absolute Gasteiger partial charge is 0.267 e. The van der Waals surface area contributed by atoms with Crippen LogP contribution in [0.15, 0.2) is 64.4 Å². The number of carbonyl (C=O) groups is 1. The van der Waals surface area contributed by atoms with Crippen LogP contribution < -0.4 is 10.6 Å². The Labute approximate surface area is 251 Å². The third kappa shape index (κ3) is 7.52. The maximum atomic E-state index is 13.3. The van der Waals surface area contributed by atoms with E-state index in [4.69, 9.17) is 0 Å². The molecule has 2 aromatic carbocycles. The fraction of sp³-hybridized carbons (Fsp3) is 0.500. The number of hydrogen-bond acceptors (Lipinski definition) is 5. The number of nitrogens with zero attached hydrogens (tertiary/aromatic N) is 1. The summed E-state index contributed by atoms with van der Waals surface area (Å²) >= 11 is 0. The highest BCUT2D eigenvalue weighted by Gasteiger charge is 2.34. The van der Waals surface area contributed by atoms with Gasteiger partial charge in [0, 0.05) is 37.3 Å². The first kappa shape index (κ1) is 30.5. The Bertz CT molecular complexity index is 1450. The van der Waals surface area contributed by atoms with Gasteiger partial charge in [-0.3, -0.25) is 4.79 Å². The highest BCUT2D eigenvalue weighted by molar-refractivity contribution is 7.91. The number of aromatic amines is 1. The maximum absolute atomic E-state index is 13.3. The number of carbonyl (C=O) groups excluding carboxylic acids is 1. The van der Waals surface area contributed by atoms with Gasteiger partial charge in [-0.1, -0.05) is 69.2 Å². The van der Waals surface area contributed by atoms with Crippen molar-refractivity contribution in [3.05, 3.63) is 82.7 Å². The predicted octanol–water partition coefficient (Wildman–Crippen LogP) is 5.79. The quantitative estimate of drug-likeness (QED) is 0.309. The number of likely N-dealkylation sites (N-methyl/N-ethyl adjacent to an activating group) is 1. The van der Waals surface area contributed by atoms with Crippen LogP contribution in [-0.2, 0) is 35.8 Å². The Hall–Kier alpha value is -2.94. The lowest BCUT2D eigenvalue weighted by Gasteiger charge is -2.39. The minimum atomic E-state index is -3.62. The van der Waals surface area contributed by atoms with Crippen LogP contribution in [0.1, 0.15) is 90.7 Å². The molecule has 1 aliphatic carbocycles. The standard InChI is InChI=1S/C34H46N4O3S/c1-38(2)20-17-26-11-10-12-30(21-26)42(40,41)29-15-13-27(14-16-29)24-35-33(39)31-22-28-25-36-34(23-32(28)37-31)18-8-6-4-3-5-7-9-19-34/h10-16,21-22,36-37H,3-9,17-20,23-25H2,1-2H3,(H,35,39). The van der Waals surface area contributed by atoms with Gasteiger partial charge in [-0.25, -0.2) is 8.42 Å². The molecule has 0 radical (unpaired) electrons. The molecule has 1 aliphatic heterocycles. The van der Waals surface area contributed by atoms with Gasteiger partial charge in [-0.05, 0) is 80.4 Å². The summed E-state index contributed by atoms with van der Waals surface area (Å²) in [6.07, 6.45) is 13.3. The summed E-state index contributed by atoms with van der Waals surface area (Å²) < 4.78 is 26.5. The summed E-state index contributed by atoms with van der Waals surface area (Å²) in [6, 6.07) is 16.0. The minimum Gasteiger partial charge on any atom is -0.354 e. The van der Waals surface area contributed by atoms with E-state index in [9.17, 15) is 13.2 Å². The van der Waals surface area contributed by atoms with Gasteiger partial charge >= 0.3 is 0 Å². The van der Waals surface area contributed by atoms with Crippen LogP contribution in [0.3, 0.4) is 0 Å². The second-order valence-electron chi connectivity index (χ2n) is 12.5. The molecule has 2 aliphatic rings. The lowest BCUT2D eigenvalue weighted by Crippen LogP contribution is -2.49. The van der Waals surface area contributed by atoms with Gasteiger partial charge in [0.2, 0.25) is 9.84 Å². The van der Waals surface area contributed by atoms with Crippen molar-refractivity contribution in [1.82, 2.24) is 20.5 Å². The summed E-state index contributed by atoms with van der Waals surface area (Å²) in [5.74, 6) is -0.143. The molecule has 0 saturated heterocycles. The second kappa shape index (κ2) is 13.6. The third-order valence-corrected chi connectivity index (χ3v) is 10.7. The maximum Gasteiger partial charge on any atom is 0.267 e. The molecule has 226 valence electrons. The second-order valence-corrected chi connectivity index (χ2v) is 14.5. The largest absolute Gasteiger partial charge is 0.354 e. The number of nitrogens with one attached hydrogen (secondary N) is 3. The lowest BCUT2D eigenvalue weighted by atomic mass is 9.79. The monoisotopic (exact) mass is 590 g/mol. The minimum absolute atomic E-state index is 0.137. The molecule has 3 aromatic rings. The Morgan fingerprint density at radius 2 is 1.57 bits per heavy atom. The fourth-order valence-electron chi connectivity index (χ4n) is 6.37. The van der Waals surface area contributed by atoms with E-state index >= 15 is 0 Å². The number of rotatable bonds is 8. The molecular formula is C34H46N4O3S. The molecule has 2 heterocycles. The van der Waals surface area contributed by atoms with E-state index in [1.807, 2.05) is 26.2 Å². The Morgan fingerprint density at radius 1 is 0.881 bits per heavy atom. The first-order valence-corrected chi connectivity index (χ1v) is 17.0. The van der Waals surface area contributed by atoms with E-state index in [0.29, 0.717) is 17.1 Å². The van der Waals surface area contributed by atoms with E-state index in [1.165, 1.54) is 69.0 Å². The zero-order valence-electron chi connectivity index (χ0n) is 25.2. The van der Waals surface area contributed by atoms with Crippen molar-refractivity contribution in [1.29, 1.82) is 0 Å². The summed E-state index contributed by atoms with van der Waals surface area (Å²) in [6.45, 7) is 1.98. The SMILES string of the molecule is CN(C)CCc1cccc(S(=O)(=O)c2ccc(CNC(=O)c3cc4c([nH]3)CC3(CCCCCCCCC3)NC4)cc2)c1. The number of H-pyrrole nitrogens is 1. The molecule has 1 spiro atoms. The number of sulfone groups is 1.